The molecule has 1 atom stereocenters. The fourth-order valence-corrected chi connectivity index (χ4v) is 0.882. The quantitative estimate of drug-likeness (QED) is 0.514. The van der Waals surface area contributed by atoms with Gasteiger partial charge in [-0.1, -0.05) is 6.08 Å². The van der Waals surface area contributed by atoms with E-state index in [1.54, 1.807) is 6.08 Å². The van der Waals surface area contributed by atoms with Crippen LogP contribution >= 0.6 is 9.39 Å². The maximum absolute atomic E-state index is 10.8. The van der Waals surface area contributed by atoms with Gasteiger partial charge in [-0.2, -0.15) is 0 Å². The molecule has 10 heavy (non-hydrogen) atoms. The van der Waals surface area contributed by atoms with Gasteiger partial charge in [0.2, 0.25) is 5.91 Å². The molecule has 0 aromatic carbocycles. The minimum atomic E-state index is 0.0335. The number of nitrogens with one attached hydrogen (secondary N) is 1. The Morgan fingerprint density at radius 2 is 2.50 bits per heavy atom. The average Bonchev–Trinajstić information content (AvgIpc) is 2.13. The van der Waals surface area contributed by atoms with Crippen molar-refractivity contribution in [1.29, 1.82) is 0 Å². The van der Waals surface area contributed by atoms with E-state index in [4.69, 9.17) is 0 Å². The van der Waals surface area contributed by atoms with Crippen molar-refractivity contribution in [3.05, 3.63) is 12.2 Å². The minimum absolute atomic E-state index is 0.0335. The Morgan fingerprint density at radius 1 is 1.70 bits per heavy atom. The van der Waals surface area contributed by atoms with Gasteiger partial charge in [-0.15, -0.1) is 0 Å². The van der Waals surface area contributed by atoms with Gasteiger partial charge < -0.3 is 5.32 Å². The first-order chi connectivity index (χ1) is 4.83. The fraction of sp³-hybridized carbons (Fsp3) is 0.333. The Morgan fingerprint density at radius 3 is 3.20 bits per heavy atom. The predicted octanol–water partition coefficient (Wildman–Crippen LogP) is 0.641. The third-order valence-electron chi connectivity index (χ3n) is 1.22. The molecule has 0 aliphatic carbocycles. The van der Waals surface area contributed by atoms with Gasteiger partial charge in [0.25, 0.3) is 0 Å². The van der Waals surface area contributed by atoms with E-state index in [2.05, 4.69) is 19.5 Å². The molecule has 54 valence electrons. The van der Waals surface area contributed by atoms with Crippen molar-refractivity contribution in [3.8, 4) is 0 Å². The summed E-state index contributed by atoms with van der Waals surface area (Å²) in [5.74, 6) is 0.652. The summed E-state index contributed by atoms with van der Waals surface area (Å²) in [7, 11) is 2.21. The average molecular weight is 156 g/mol. The maximum Gasteiger partial charge on any atom is 0.225 e. The summed E-state index contributed by atoms with van der Waals surface area (Å²) >= 11 is 0. The molecule has 1 aliphatic rings. The SMILES string of the molecule is O=C1CCC=CC(=NP)N1. The molecule has 1 unspecified atom stereocenters. The van der Waals surface area contributed by atoms with Crippen molar-refractivity contribution in [2.45, 2.75) is 12.8 Å². The lowest BCUT2D eigenvalue weighted by Crippen LogP contribution is -2.26. The number of carbonyl (C=O) groups is 1. The van der Waals surface area contributed by atoms with Crippen LogP contribution in [0.2, 0.25) is 0 Å². The molecule has 4 heteroatoms. The van der Waals surface area contributed by atoms with Gasteiger partial charge in [0, 0.05) is 6.42 Å². The molecule has 0 saturated heterocycles. The van der Waals surface area contributed by atoms with E-state index in [0.29, 0.717) is 12.3 Å². The lowest BCUT2D eigenvalue weighted by molar-refractivity contribution is -0.119. The van der Waals surface area contributed by atoms with Crippen LogP contribution in [0.4, 0.5) is 0 Å². The molecule has 0 aromatic heterocycles. The van der Waals surface area contributed by atoms with Crippen LogP contribution in [-0.2, 0) is 4.79 Å². The Bertz CT molecular complexity index is 198. The number of amides is 1. The summed E-state index contributed by atoms with van der Waals surface area (Å²) in [5, 5.41) is 2.63. The molecular weight excluding hydrogens is 147 g/mol. The molecule has 0 radical (unpaired) electrons. The molecular formula is C6H9N2OP. The van der Waals surface area contributed by atoms with E-state index in [1.165, 1.54) is 0 Å². The lowest BCUT2D eigenvalue weighted by Gasteiger charge is -1.97. The number of carbonyl (C=O) groups excluding carboxylic acids is 1. The van der Waals surface area contributed by atoms with Gasteiger partial charge in [0.15, 0.2) is 0 Å². The largest absolute Gasteiger partial charge is 0.311 e. The molecule has 0 bridgehead atoms. The summed E-state index contributed by atoms with van der Waals surface area (Å²) in [5.41, 5.74) is 0. The van der Waals surface area contributed by atoms with Crippen LogP contribution in [0.25, 0.3) is 0 Å². The summed E-state index contributed by atoms with van der Waals surface area (Å²) in [4.78, 5) is 10.8. The van der Waals surface area contributed by atoms with Gasteiger partial charge in [-0.25, -0.2) is 0 Å². The third kappa shape index (κ3) is 1.92. The van der Waals surface area contributed by atoms with Gasteiger partial charge in [-0.05, 0) is 21.9 Å². The molecule has 1 aliphatic heterocycles. The zero-order valence-corrected chi connectivity index (χ0v) is 6.66. The molecule has 0 spiro atoms. The van der Waals surface area contributed by atoms with Crippen molar-refractivity contribution >= 4 is 21.1 Å². The number of allylic oxidation sites excluding steroid dienone is 1. The molecule has 1 N–H and O–H groups in total. The topological polar surface area (TPSA) is 41.5 Å². The smallest absolute Gasteiger partial charge is 0.225 e. The number of nitrogens with zero attached hydrogens (tertiary/aromatic N) is 1. The van der Waals surface area contributed by atoms with Crippen LogP contribution in [0.1, 0.15) is 12.8 Å². The first-order valence-electron chi connectivity index (χ1n) is 3.07. The van der Waals surface area contributed by atoms with Gasteiger partial charge in [0.1, 0.15) is 5.84 Å². The normalized spacial score (nSPS) is 22.5. The van der Waals surface area contributed by atoms with E-state index >= 15 is 0 Å². The van der Waals surface area contributed by atoms with Crippen molar-refractivity contribution in [2.75, 3.05) is 0 Å². The van der Waals surface area contributed by atoms with Crippen LogP contribution in [0.3, 0.4) is 0 Å². The fourth-order valence-electron chi connectivity index (χ4n) is 0.732. The summed E-state index contributed by atoms with van der Waals surface area (Å²) in [6.07, 6.45) is 5.09. The predicted molar refractivity (Wildman–Crippen MR) is 43.7 cm³/mol. The van der Waals surface area contributed by atoms with E-state index < -0.39 is 0 Å². The molecule has 0 fully saturated rings. The second-order valence-corrected chi connectivity index (χ2v) is 2.26. The minimum Gasteiger partial charge on any atom is -0.311 e. The van der Waals surface area contributed by atoms with Crippen molar-refractivity contribution in [1.82, 2.24) is 5.32 Å². The first kappa shape index (κ1) is 7.42. The van der Waals surface area contributed by atoms with Gasteiger partial charge >= 0.3 is 0 Å². The third-order valence-corrected chi connectivity index (χ3v) is 1.50. The van der Waals surface area contributed by atoms with Crippen molar-refractivity contribution < 1.29 is 4.79 Å². The molecule has 0 aromatic rings. The van der Waals surface area contributed by atoms with Crippen LogP contribution in [0.15, 0.2) is 16.9 Å². The Balaban J connectivity index is 2.67. The number of rotatable bonds is 0. The van der Waals surface area contributed by atoms with Gasteiger partial charge in [0.05, 0.1) is 0 Å². The highest BCUT2D eigenvalue weighted by molar-refractivity contribution is 7.15. The summed E-state index contributed by atoms with van der Waals surface area (Å²) < 4.78 is 3.77. The second kappa shape index (κ2) is 3.47. The highest BCUT2D eigenvalue weighted by Gasteiger charge is 2.04. The number of amidine groups is 1. The van der Waals surface area contributed by atoms with Crippen LogP contribution in [-0.4, -0.2) is 11.7 Å². The summed E-state index contributed by atoms with van der Waals surface area (Å²) in [6.45, 7) is 0. The standard InChI is InChI=1S/C6H9N2OP/c9-6-4-2-1-3-5(7-6)8-10/h1,3H,2,4,10H2,(H,7,8,9). The van der Waals surface area contributed by atoms with E-state index in [1.807, 2.05) is 6.08 Å². The van der Waals surface area contributed by atoms with E-state index in [-0.39, 0.29) is 5.91 Å². The zero-order valence-electron chi connectivity index (χ0n) is 5.50. The monoisotopic (exact) mass is 156 g/mol. The highest BCUT2D eigenvalue weighted by atomic mass is 31.0. The van der Waals surface area contributed by atoms with Crippen molar-refractivity contribution in [3.63, 3.8) is 0 Å². The van der Waals surface area contributed by atoms with Gasteiger partial charge in [-0.3, -0.25) is 9.56 Å². The molecule has 0 saturated carbocycles. The molecule has 1 amide bonds. The Kier molecular flexibility index (Phi) is 2.57. The molecule has 3 nitrogen and oxygen atoms in total. The number of hydrogen-bond acceptors (Lipinski definition) is 2. The van der Waals surface area contributed by atoms with Crippen LogP contribution < -0.4 is 5.32 Å². The Labute approximate surface area is 61.9 Å². The zero-order chi connectivity index (χ0) is 7.40. The molecule has 1 heterocycles. The number of hydrogen-bond donors (Lipinski definition) is 1. The second-order valence-electron chi connectivity index (χ2n) is 2.00. The van der Waals surface area contributed by atoms with Crippen molar-refractivity contribution in [2.24, 2.45) is 4.76 Å². The van der Waals surface area contributed by atoms with Crippen LogP contribution in [0, 0.1) is 0 Å². The summed E-state index contributed by atoms with van der Waals surface area (Å²) in [6, 6.07) is 0. The highest BCUT2D eigenvalue weighted by Crippen LogP contribution is 1.98. The van der Waals surface area contributed by atoms with E-state index in [0.717, 1.165) is 6.42 Å². The molecule has 1 rings (SSSR count). The lowest BCUT2D eigenvalue weighted by atomic mass is 10.3. The first-order valence-corrected chi connectivity index (χ1v) is 3.59. The Hall–Kier alpha value is -0.690. The maximum atomic E-state index is 10.8. The van der Waals surface area contributed by atoms with Crippen LogP contribution in [0.5, 0.6) is 0 Å². The van der Waals surface area contributed by atoms with E-state index in [9.17, 15) is 4.79 Å².